The normalized spacial score (nSPS) is 11.3. The number of nitrogens with two attached hydrogens (primary N) is 1. The number of fused-ring (bicyclic) bond motifs is 2. The summed E-state index contributed by atoms with van der Waals surface area (Å²) < 4.78 is 47.8. The first-order valence-corrected chi connectivity index (χ1v) is 13.5. The molecule has 0 fully saturated rings. The molecule has 0 radical (unpaired) electrons. The third-order valence-electron chi connectivity index (χ3n) is 5.14. The molecule has 2 heterocycles. The summed E-state index contributed by atoms with van der Waals surface area (Å²) in [5.41, 5.74) is 2.93. The maximum atomic E-state index is 10.8. The minimum absolute atomic E-state index is 0.126. The molecule has 11 heteroatoms. The molecule has 0 aliphatic heterocycles. The topological polar surface area (TPSA) is 137 Å². The van der Waals surface area contributed by atoms with E-state index in [4.69, 9.17) is 5.14 Å². The number of benzene rings is 2. The van der Waals surface area contributed by atoms with Crippen molar-refractivity contribution in [2.75, 3.05) is 5.75 Å². The van der Waals surface area contributed by atoms with Crippen molar-refractivity contribution in [3.05, 3.63) is 66.2 Å². The van der Waals surface area contributed by atoms with Crippen molar-refractivity contribution in [2.45, 2.75) is 39.7 Å². The summed E-state index contributed by atoms with van der Waals surface area (Å²) in [5.74, 6) is 0.964. The molecule has 4 rings (SSSR count). The summed E-state index contributed by atoms with van der Waals surface area (Å²) in [5, 5.41) is 6.97. The van der Waals surface area contributed by atoms with Gasteiger partial charge in [0.05, 0.1) is 34.7 Å². The number of hydrogen-bond acceptors (Lipinski definition) is 7. The zero-order valence-electron chi connectivity index (χ0n) is 19.0. The molecule has 0 bridgehead atoms. The summed E-state index contributed by atoms with van der Waals surface area (Å²) in [6.07, 6.45) is 4.52. The lowest BCUT2D eigenvalue weighted by Crippen LogP contribution is -2.16. The van der Waals surface area contributed by atoms with Crippen LogP contribution in [0.3, 0.4) is 0 Å². The molecule has 0 aliphatic carbocycles. The molecule has 34 heavy (non-hydrogen) atoms. The Balaban J connectivity index is 0.000000309. The quantitative estimate of drug-likeness (QED) is 0.378. The maximum Gasteiger partial charge on any atom is 0.316 e. The zero-order chi connectivity index (χ0) is 24.7. The molecule has 2 aromatic heterocycles. The van der Waals surface area contributed by atoms with E-state index in [1.807, 2.05) is 42.8 Å². The van der Waals surface area contributed by atoms with Gasteiger partial charge in [-0.1, -0.05) is 44.0 Å². The monoisotopic (exact) mass is 501 g/mol. The standard InChI is InChI=1S/C18H14N4O2S.C5H13NO2S/c1-12-20-17-7-6-15(21-25(23)24)9-18(17)22(12)11-16-8-13-4-2-3-5-14(13)10-19-16;1-2-3-4-5-9(6,7)8/h2-10H,11H2,1H3;2-5H2,1H3,(H2,6,7,8). The SMILES string of the molecule is CCCCCS(N)(=O)=O.Cc1nc2ccc(N=S(=O)=O)cc2n1Cc1cc2ccccc2cn1. The van der Waals surface area contributed by atoms with Gasteiger partial charge in [0.25, 0.3) is 0 Å². The Morgan fingerprint density at radius 1 is 1.06 bits per heavy atom. The second-order valence-electron chi connectivity index (χ2n) is 7.82. The van der Waals surface area contributed by atoms with Crippen LogP contribution in [-0.2, 0) is 27.1 Å². The lowest BCUT2D eigenvalue weighted by Gasteiger charge is -2.08. The number of unbranched alkanes of at least 4 members (excludes halogenated alkanes) is 2. The third-order valence-corrected chi connectivity index (χ3v) is 6.36. The Kier molecular flexibility index (Phi) is 8.48. The van der Waals surface area contributed by atoms with E-state index in [1.54, 1.807) is 18.2 Å². The number of imidazole rings is 1. The highest BCUT2D eigenvalue weighted by Crippen LogP contribution is 2.23. The Labute approximate surface area is 200 Å². The highest BCUT2D eigenvalue weighted by atomic mass is 32.2. The number of hydrogen-bond donors (Lipinski definition) is 1. The Bertz CT molecular complexity index is 1540. The van der Waals surface area contributed by atoms with E-state index >= 15 is 0 Å². The molecule has 0 aliphatic rings. The molecule has 0 saturated heterocycles. The fourth-order valence-corrected chi connectivity index (χ4v) is 4.40. The summed E-state index contributed by atoms with van der Waals surface area (Å²) in [4.78, 5) is 9.06. The van der Waals surface area contributed by atoms with Crippen molar-refractivity contribution >= 4 is 48.0 Å². The van der Waals surface area contributed by atoms with E-state index in [2.05, 4.69) is 26.5 Å². The third kappa shape index (κ3) is 7.17. The lowest BCUT2D eigenvalue weighted by atomic mass is 10.1. The van der Waals surface area contributed by atoms with E-state index in [0.29, 0.717) is 18.7 Å². The predicted octanol–water partition coefficient (Wildman–Crippen LogP) is 4.10. The minimum Gasteiger partial charge on any atom is -0.322 e. The van der Waals surface area contributed by atoms with E-state index in [9.17, 15) is 16.8 Å². The number of pyridine rings is 1. The Hall–Kier alpha value is -3.15. The van der Waals surface area contributed by atoms with Crippen LogP contribution in [0.4, 0.5) is 5.69 Å². The minimum atomic E-state index is -3.20. The van der Waals surface area contributed by atoms with E-state index in [1.165, 1.54) is 0 Å². The van der Waals surface area contributed by atoms with Gasteiger partial charge >= 0.3 is 10.5 Å². The van der Waals surface area contributed by atoms with Gasteiger partial charge in [-0.05, 0) is 43.0 Å². The second kappa shape index (κ2) is 11.3. The van der Waals surface area contributed by atoms with Crippen LogP contribution in [0.25, 0.3) is 21.8 Å². The Morgan fingerprint density at radius 3 is 2.47 bits per heavy atom. The van der Waals surface area contributed by atoms with Crippen LogP contribution in [0.15, 0.2) is 59.1 Å². The average molecular weight is 502 g/mol. The fourth-order valence-electron chi connectivity index (χ4n) is 3.50. The maximum absolute atomic E-state index is 10.8. The van der Waals surface area contributed by atoms with Crippen molar-refractivity contribution < 1.29 is 16.8 Å². The largest absolute Gasteiger partial charge is 0.322 e. The summed E-state index contributed by atoms with van der Waals surface area (Å²) in [7, 11) is -5.68. The molecule has 0 amide bonds. The average Bonchev–Trinajstić information content (AvgIpc) is 3.08. The zero-order valence-corrected chi connectivity index (χ0v) is 20.7. The van der Waals surface area contributed by atoms with Gasteiger partial charge in [-0.15, -0.1) is 4.36 Å². The van der Waals surface area contributed by atoms with Crippen LogP contribution in [-0.4, -0.2) is 37.1 Å². The van der Waals surface area contributed by atoms with Crippen LogP contribution in [0.2, 0.25) is 0 Å². The van der Waals surface area contributed by atoms with Crippen LogP contribution >= 0.6 is 0 Å². The molecule has 0 saturated carbocycles. The number of nitrogens with zero attached hydrogens (tertiary/aromatic N) is 4. The summed E-state index contributed by atoms with van der Waals surface area (Å²) in [6, 6.07) is 15.3. The molecule has 180 valence electrons. The van der Waals surface area contributed by atoms with Gasteiger partial charge in [-0.25, -0.2) is 18.5 Å². The number of aryl methyl sites for hydroxylation is 1. The molecule has 4 aromatic rings. The molecule has 0 unspecified atom stereocenters. The highest BCUT2D eigenvalue weighted by molar-refractivity contribution is 7.89. The van der Waals surface area contributed by atoms with Crippen LogP contribution in [0.1, 0.15) is 37.7 Å². The first-order chi connectivity index (χ1) is 16.2. The van der Waals surface area contributed by atoms with Gasteiger partial charge in [0.2, 0.25) is 10.0 Å². The number of aromatic nitrogens is 3. The van der Waals surface area contributed by atoms with Gasteiger partial charge in [0.15, 0.2) is 0 Å². The molecule has 0 atom stereocenters. The van der Waals surface area contributed by atoms with Crippen LogP contribution in [0.5, 0.6) is 0 Å². The van der Waals surface area contributed by atoms with Crippen molar-refractivity contribution in [1.29, 1.82) is 0 Å². The van der Waals surface area contributed by atoms with Gasteiger partial charge in [-0.3, -0.25) is 4.98 Å². The van der Waals surface area contributed by atoms with Crippen LogP contribution in [0, 0.1) is 6.92 Å². The van der Waals surface area contributed by atoms with Gasteiger partial charge < -0.3 is 4.57 Å². The lowest BCUT2D eigenvalue weighted by molar-refractivity contribution is 0.592. The summed E-state index contributed by atoms with van der Waals surface area (Å²) >= 11 is 0. The van der Waals surface area contributed by atoms with Gasteiger partial charge in [0.1, 0.15) is 5.82 Å². The van der Waals surface area contributed by atoms with Crippen molar-refractivity contribution in [2.24, 2.45) is 9.50 Å². The van der Waals surface area contributed by atoms with E-state index in [-0.39, 0.29) is 5.75 Å². The molecular formula is C23H27N5O4S2. The fraction of sp³-hybridized carbons (Fsp3) is 0.304. The predicted molar refractivity (Wildman–Crippen MR) is 134 cm³/mol. The van der Waals surface area contributed by atoms with Gasteiger partial charge in [0, 0.05) is 11.6 Å². The van der Waals surface area contributed by atoms with Gasteiger partial charge in [-0.2, -0.15) is 8.42 Å². The highest BCUT2D eigenvalue weighted by Gasteiger charge is 2.10. The summed E-state index contributed by atoms with van der Waals surface area (Å²) in [6.45, 7) is 4.49. The molecule has 9 nitrogen and oxygen atoms in total. The second-order valence-corrected chi connectivity index (χ2v) is 10.2. The van der Waals surface area contributed by atoms with Crippen molar-refractivity contribution in [1.82, 2.24) is 14.5 Å². The molecule has 2 aromatic carbocycles. The van der Waals surface area contributed by atoms with Crippen molar-refractivity contribution in [3.63, 3.8) is 0 Å². The number of sulfonamides is 1. The van der Waals surface area contributed by atoms with Crippen molar-refractivity contribution in [3.8, 4) is 0 Å². The van der Waals surface area contributed by atoms with E-state index in [0.717, 1.165) is 46.2 Å². The molecule has 2 N–H and O–H groups in total. The van der Waals surface area contributed by atoms with Crippen LogP contribution < -0.4 is 5.14 Å². The number of rotatable bonds is 7. The molecule has 0 spiro atoms. The molecular weight excluding hydrogens is 474 g/mol. The van der Waals surface area contributed by atoms with E-state index < -0.39 is 20.5 Å². The Morgan fingerprint density at radius 2 is 1.79 bits per heavy atom. The number of primary sulfonamides is 1. The first kappa shape index (κ1) is 25.5. The smallest absolute Gasteiger partial charge is 0.316 e. The first-order valence-electron chi connectivity index (χ1n) is 10.8.